The monoisotopic (exact) mass is 346 g/mol. The lowest BCUT2D eigenvalue weighted by Gasteiger charge is -2.02. The molecule has 22 heavy (non-hydrogen) atoms. The second kappa shape index (κ2) is 7.18. The van der Waals surface area contributed by atoms with Crippen molar-refractivity contribution in [3.63, 3.8) is 0 Å². The van der Waals surface area contributed by atoms with E-state index in [1.54, 1.807) is 23.1 Å². The van der Waals surface area contributed by atoms with Gasteiger partial charge in [0, 0.05) is 26.7 Å². The Kier molecular flexibility index (Phi) is 5.03. The Labute approximate surface area is 143 Å². The summed E-state index contributed by atoms with van der Waals surface area (Å²) in [7, 11) is 0. The van der Waals surface area contributed by atoms with E-state index >= 15 is 0 Å². The lowest BCUT2D eigenvalue weighted by Crippen LogP contribution is -1.90. The first-order chi connectivity index (χ1) is 10.7. The minimum atomic E-state index is 0.766. The van der Waals surface area contributed by atoms with E-state index in [0.717, 1.165) is 27.3 Å². The number of aryl methyl sites for hydroxylation is 1. The van der Waals surface area contributed by atoms with Gasteiger partial charge in [-0.3, -0.25) is 0 Å². The van der Waals surface area contributed by atoms with Crippen molar-refractivity contribution in [3.8, 4) is 0 Å². The van der Waals surface area contributed by atoms with Crippen LogP contribution in [0.3, 0.4) is 0 Å². The fraction of sp³-hybridized carbons (Fsp3) is 0.118. The molecule has 112 valence electrons. The molecule has 2 nitrogen and oxygen atoms in total. The van der Waals surface area contributed by atoms with Crippen LogP contribution >= 0.6 is 34.7 Å². The summed E-state index contributed by atoms with van der Waals surface area (Å²) < 4.78 is 0. The maximum atomic E-state index is 5.89. The summed E-state index contributed by atoms with van der Waals surface area (Å²) in [5.41, 5.74) is 3.40. The summed E-state index contributed by atoms with van der Waals surface area (Å²) in [4.78, 5) is 5.82. The highest BCUT2D eigenvalue weighted by Gasteiger charge is 2.04. The predicted octanol–water partition coefficient (Wildman–Crippen LogP) is 6.14. The Morgan fingerprint density at radius 1 is 1.09 bits per heavy atom. The van der Waals surface area contributed by atoms with Crippen LogP contribution in [0.25, 0.3) is 0 Å². The molecule has 0 unspecified atom stereocenters. The van der Waals surface area contributed by atoms with Crippen molar-refractivity contribution >= 4 is 45.5 Å². The maximum absolute atomic E-state index is 5.89. The van der Waals surface area contributed by atoms with Crippen LogP contribution in [0.5, 0.6) is 0 Å². The zero-order valence-electron chi connectivity index (χ0n) is 12.0. The molecule has 0 saturated carbocycles. The van der Waals surface area contributed by atoms with Crippen molar-refractivity contribution in [2.45, 2.75) is 17.6 Å². The summed E-state index contributed by atoms with van der Waals surface area (Å²) in [6.07, 6.45) is 0. The largest absolute Gasteiger partial charge is 0.332 e. The number of benzene rings is 2. The van der Waals surface area contributed by atoms with Crippen LogP contribution in [0.4, 0.5) is 10.8 Å². The normalized spacial score (nSPS) is 10.6. The van der Waals surface area contributed by atoms with Gasteiger partial charge < -0.3 is 5.32 Å². The van der Waals surface area contributed by atoms with E-state index in [4.69, 9.17) is 11.6 Å². The van der Waals surface area contributed by atoms with Crippen molar-refractivity contribution < 1.29 is 0 Å². The van der Waals surface area contributed by atoms with Crippen molar-refractivity contribution in [1.82, 2.24) is 4.98 Å². The summed E-state index contributed by atoms with van der Waals surface area (Å²) in [5, 5.41) is 7.13. The van der Waals surface area contributed by atoms with E-state index < -0.39 is 0 Å². The Morgan fingerprint density at radius 3 is 2.55 bits per heavy atom. The van der Waals surface area contributed by atoms with Crippen molar-refractivity contribution in [2.24, 2.45) is 0 Å². The number of rotatable bonds is 5. The highest BCUT2D eigenvalue weighted by molar-refractivity contribution is 7.98. The number of halogens is 1. The number of thiazole rings is 1. The first-order valence-electron chi connectivity index (χ1n) is 6.85. The van der Waals surface area contributed by atoms with Crippen LogP contribution in [0.15, 0.2) is 58.8 Å². The van der Waals surface area contributed by atoms with Gasteiger partial charge in [0.1, 0.15) is 0 Å². The quantitative estimate of drug-likeness (QED) is 0.561. The molecule has 0 aliphatic rings. The van der Waals surface area contributed by atoms with Gasteiger partial charge in [-0.25, -0.2) is 4.98 Å². The molecule has 0 bridgehead atoms. The van der Waals surface area contributed by atoms with Crippen molar-refractivity contribution in [3.05, 3.63) is 70.2 Å². The molecule has 3 rings (SSSR count). The van der Waals surface area contributed by atoms with Gasteiger partial charge in [-0.15, -0.1) is 23.1 Å². The molecule has 1 aromatic heterocycles. The molecule has 0 saturated heterocycles. The fourth-order valence-corrected chi connectivity index (χ4v) is 3.63. The molecule has 1 N–H and O–H groups in total. The van der Waals surface area contributed by atoms with Crippen LogP contribution in [0, 0.1) is 6.92 Å². The fourth-order valence-electron chi connectivity index (χ4n) is 1.88. The van der Waals surface area contributed by atoms with Crippen LogP contribution in [0.2, 0.25) is 5.02 Å². The molecular formula is C17H15ClN2S2. The predicted molar refractivity (Wildman–Crippen MR) is 97.6 cm³/mol. The van der Waals surface area contributed by atoms with Crippen LogP contribution in [-0.2, 0) is 5.75 Å². The van der Waals surface area contributed by atoms with E-state index in [1.807, 2.05) is 24.3 Å². The lowest BCUT2D eigenvalue weighted by molar-refractivity contribution is 1.23. The Hall–Kier alpha value is -1.49. The van der Waals surface area contributed by atoms with E-state index in [9.17, 15) is 0 Å². The maximum Gasteiger partial charge on any atom is 0.187 e. The number of aromatic nitrogens is 1. The van der Waals surface area contributed by atoms with Gasteiger partial charge in [-0.2, -0.15) is 0 Å². The number of nitrogens with one attached hydrogen (secondary N) is 1. The Bertz CT molecular complexity index is 736. The number of nitrogens with zero attached hydrogens (tertiary/aromatic N) is 1. The zero-order chi connectivity index (χ0) is 15.4. The highest BCUT2D eigenvalue weighted by Crippen LogP contribution is 2.27. The molecule has 1 heterocycles. The zero-order valence-corrected chi connectivity index (χ0v) is 14.4. The molecule has 5 heteroatoms. The smallest absolute Gasteiger partial charge is 0.187 e. The van der Waals surface area contributed by atoms with Gasteiger partial charge in [-0.05, 0) is 43.3 Å². The second-order valence-electron chi connectivity index (χ2n) is 4.88. The summed E-state index contributed by atoms with van der Waals surface area (Å²) in [6.45, 7) is 2.08. The van der Waals surface area contributed by atoms with Gasteiger partial charge in [0.15, 0.2) is 5.13 Å². The topological polar surface area (TPSA) is 24.9 Å². The third-order valence-electron chi connectivity index (χ3n) is 3.05. The molecule has 0 spiro atoms. The molecule has 0 atom stereocenters. The van der Waals surface area contributed by atoms with Gasteiger partial charge in [-0.1, -0.05) is 29.3 Å². The Balaban J connectivity index is 1.59. The van der Waals surface area contributed by atoms with E-state index in [2.05, 4.69) is 46.9 Å². The first kappa shape index (κ1) is 15.4. The van der Waals surface area contributed by atoms with Gasteiger partial charge >= 0.3 is 0 Å². The third-order valence-corrected chi connectivity index (χ3v) is 5.16. The SMILES string of the molecule is Cc1ccc(Nc2nc(CSc3ccc(Cl)cc3)cs2)cc1. The molecule has 0 aliphatic carbocycles. The summed E-state index contributed by atoms with van der Waals surface area (Å²) in [6, 6.07) is 16.2. The van der Waals surface area contributed by atoms with Crippen LogP contribution in [0.1, 0.15) is 11.3 Å². The number of anilines is 2. The van der Waals surface area contributed by atoms with Gasteiger partial charge in [0.05, 0.1) is 5.69 Å². The van der Waals surface area contributed by atoms with E-state index in [-0.39, 0.29) is 0 Å². The van der Waals surface area contributed by atoms with Gasteiger partial charge in [0.25, 0.3) is 0 Å². The average Bonchev–Trinajstić information content (AvgIpc) is 2.97. The van der Waals surface area contributed by atoms with Crippen LogP contribution in [-0.4, -0.2) is 4.98 Å². The first-order valence-corrected chi connectivity index (χ1v) is 9.10. The summed E-state index contributed by atoms with van der Waals surface area (Å²) >= 11 is 9.28. The van der Waals surface area contributed by atoms with Crippen molar-refractivity contribution in [2.75, 3.05) is 5.32 Å². The molecule has 0 aliphatic heterocycles. The molecule has 0 radical (unpaired) electrons. The minimum Gasteiger partial charge on any atom is -0.332 e. The van der Waals surface area contributed by atoms with E-state index in [1.165, 1.54) is 10.5 Å². The molecule has 0 amide bonds. The van der Waals surface area contributed by atoms with E-state index in [0.29, 0.717) is 0 Å². The van der Waals surface area contributed by atoms with Crippen LogP contribution < -0.4 is 5.32 Å². The average molecular weight is 347 g/mol. The second-order valence-corrected chi connectivity index (χ2v) is 7.22. The third kappa shape index (κ3) is 4.26. The van der Waals surface area contributed by atoms with Gasteiger partial charge in [0.2, 0.25) is 0 Å². The Morgan fingerprint density at radius 2 is 1.82 bits per heavy atom. The minimum absolute atomic E-state index is 0.766. The van der Waals surface area contributed by atoms with Crippen molar-refractivity contribution in [1.29, 1.82) is 0 Å². The standard InChI is InChI=1S/C17H15ClN2S2/c1-12-2-6-14(7-3-12)19-17-20-15(11-22-17)10-21-16-8-4-13(18)5-9-16/h2-9,11H,10H2,1H3,(H,19,20). The summed E-state index contributed by atoms with van der Waals surface area (Å²) in [5.74, 6) is 0.855. The number of thioether (sulfide) groups is 1. The molecular weight excluding hydrogens is 332 g/mol. The number of hydrogen-bond acceptors (Lipinski definition) is 4. The number of hydrogen-bond donors (Lipinski definition) is 1. The molecule has 2 aromatic carbocycles. The molecule has 0 fully saturated rings. The highest BCUT2D eigenvalue weighted by atomic mass is 35.5. The molecule has 3 aromatic rings. The lowest BCUT2D eigenvalue weighted by atomic mass is 10.2.